The number of ether oxygens (including phenoxy) is 1. The van der Waals surface area contributed by atoms with E-state index in [-0.39, 0.29) is 30.8 Å². The third kappa shape index (κ3) is 6.58. The van der Waals surface area contributed by atoms with Crippen LogP contribution in [0.4, 0.5) is 11.6 Å². The Labute approximate surface area is 185 Å². The van der Waals surface area contributed by atoms with E-state index in [1.807, 2.05) is 44.2 Å². The van der Waals surface area contributed by atoms with Crippen LogP contribution in [0.15, 0.2) is 42.7 Å². The van der Waals surface area contributed by atoms with Crippen LogP contribution >= 0.6 is 11.3 Å². The normalized spacial score (nSPS) is 11.6. The van der Waals surface area contributed by atoms with Gasteiger partial charge in [0.2, 0.25) is 5.91 Å². The van der Waals surface area contributed by atoms with Crippen LogP contribution in [0, 0.1) is 6.92 Å². The van der Waals surface area contributed by atoms with Crippen LogP contribution in [0.3, 0.4) is 0 Å². The van der Waals surface area contributed by atoms with Crippen LogP contribution in [0.5, 0.6) is 0 Å². The largest absolute Gasteiger partial charge is 0.466 e. The number of esters is 1. The molecule has 0 fully saturated rings. The molecule has 0 unspecified atom stereocenters. The molecule has 162 valence electrons. The fraction of sp³-hybridized carbons (Fsp3) is 0.318. The van der Waals surface area contributed by atoms with Gasteiger partial charge in [-0.25, -0.2) is 15.0 Å². The first kappa shape index (κ1) is 22.4. The number of rotatable bonds is 9. The molecule has 31 heavy (non-hydrogen) atoms. The molecular formula is C22H25N5O3S. The molecule has 2 N–H and O–H groups in total. The van der Waals surface area contributed by atoms with Gasteiger partial charge >= 0.3 is 5.97 Å². The molecule has 0 radical (unpaired) electrons. The third-order valence-corrected chi connectivity index (χ3v) is 5.51. The maximum atomic E-state index is 12.1. The lowest BCUT2D eigenvalue weighted by Gasteiger charge is -2.11. The standard InChI is InChI=1S/C22H25N5O3S/c1-4-30-21(29)9-8-20(28)25-15(3)22-24-13-17(31-22)16-6-5-7-18(26-16)27-19-12-14(2)10-11-23-19/h5-7,10-13,15H,4,8-9H2,1-3H3,(H,25,28)(H,23,26,27)/t15-/m0/s1. The smallest absolute Gasteiger partial charge is 0.306 e. The molecule has 0 aromatic carbocycles. The highest BCUT2D eigenvalue weighted by molar-refractivity contribution is 7.15. The van der Waals surface area contributed by atoms with Crippen LogP contribution < -0.4 is 10.6 Å². The van der Waals surface area contributed by atoms with Crippen molar-refractivity contribution in [3.05, 3.63) is 53.3 Å². The number of hydrogen-bond acceptors (Lipinski definition) is 8. The first-order valence-electron chi connectivity index (χ1n) is 10.0. The van der Waals surface area contributed by atoms with Gasteiger partial charge in [-0.05, 0) is 50.6 Å². The number of nitrogens with one attached hydrogen (secondary N) is 2. The van der Waals surface area contributed by atoms with Gasteiger partial charge in [-0.2, -0.15) is 0 Å². The third-order valence-electron chi connectivity index (χ3n) is 4.31. The molecule has 8 nitrogen and oxygen atoms in total. The summed E-state index contributed by atoms with van der Waals surface area (Å²) in [5, 5.41) is 6.84. The van der Waals surface area contributed by atoms with E-state index in [0.29, 0.717) is 12.4 Å². The monoisotopic (exact) mass is 439 g/mol. The molecule has 0 spiro atoms. The number of carbonyl (C=O) groups excluding carboxylic acids is 2. The predicted molar refractivity (Wildman–Crippen MR) is 120 cm³/mol. The van der Waals surface area contributed by atoms with Gasteiger partial charge in [-0.3, -0.25) is 9.59 Å². The van der Waals surface area contributed by atoms with Gasteiger partial charge in [-0.1, -0.05) is 6.07 Å². The number of anilines is 2. The van der Waals surface area contributed by atoms with E-state index < -0.39 is 0 Å². The van der Waals surface area contributed by atoms with Crippen molar-refractivity contribution in [2.24, 2.45) is 0 Å². The van der Waals surface area contributed by atoms with Crippen molar-refractivity contribution in [3.63, 3.8) is 0 Å². The molecule has 1 amide bonds. The number of aromatic nitrogens is 3. The summed E-state index contributed by atoms with van der Waals surface area (Å²) in [6, 6.07) is 9.32. The van der Waals surface area contributed by atoms with E-state index in [1.165, 1.54) is 11.3 Å². The Balaban J connectivity index is 1.62. The molecule has 3 heterocycles. The van der Waals surface area contributed by atoms with Gasteiger partial charge in [0.25, 0.3) is 0 Å². The van der Waals surface area contributed by atoms with E-state index >= 15 is 0 Å². The summed E-state index contributed by atoms with van der Waals surface area (Å²) in [6.07, 6.45) is 3.65. The molecule has 3 aromatic heterocycles. The van der Waals surface area contributed by atoms with Gasteiger partial charge in [0.15, 0.2) is 0 Å². The maximum absolute atomic E-state index is 12.1. The summed E-state index contributed by atoms with van der Waals surface area (Å²) in [5.74, 6) is 0.828. The first-order valence-corrected chi connectivity index (χ1v) is 10.8. The fourth-order valence-corrected chi connectivity index (χ4v) is 3.70. The number of amides is 1. The lowest BCUT2D eigenvalue weighted by Crippen LogP contribution is -2.27. The van der Waals surface area contributed by atoms with Gasteiger partial charge < -0.3 is 15.4 Å². The lowest BCUT2D eigenvalue weighted by atomic mass is 10.2. The zero-order valence-electron chi connectivity index (χ0n) is 17.7. The molecule has 9 heteroatoms. The van der Waals surface area contributed by atoms with Gasteiger partial charge in [0, 0.05) is 18.8 Å². The second kappa shape index (κ2) is 10.6. The Morgan fingerprint density at radius 3 is 2.77 bits per heavy atom. The molecule has 0 bridgehead atoms. The number of pyridine rings is 2. The second-order valence-corrected chi connectivity index (χ2v) is 7.97. The Kier molecular flexibility index (Phi) is 7.66. The molecular weight excluding hydrogens is 414 g/mol. The highest BCUT2D eigenvalue weighted by atomic mass is 32.1. The Morgan fingerprint density at radius 2 is 2.00 bits per heavy atom. The van der Waals surface area contributed by atoms with Crippen LogP contribution in [0.2, 0.25) is 0 Å². The summed E-state index contributed by atoms with van der Waals surface area (Å²) in [5.41, 5.74) is 1.89. The van der Waals surface area contributed by atoms with Crippen molar-refractivity contribution in [2.75, 3.05) is 11.9 Å². The van der Waals surface area contributed by atoms with E-state index in [4.69, 9.17) is 4.74 Å². The number of nitrogens with zero attached hydrogens (tertiary/aromatic N) is 3. The van der Waals surface area contributed by atoms with Gasteiger partial charge in [0.05, 0.1) is 29.6 Å². The van der Waals surface area contributed by atoms with Crippen molar-refractivity contribution in [2.45, 2.75) is 39.7 Å². The Morgan fingerprint density at radius 1 is 1.16 bits per heavy atom. The minimum atomic E-state index is -0.373. The van der Waals surface area contributed by atoms with Crippen molar-refractivity contribution < 1.29 is 14.3 Å². The van der Waals surface area contributed by atoms with Gasteiger partial charge in [0.1, 0.15) is 16.6 Å². The zero-order valence-corrected chi connectivity index (χ0v) is 18.5. The summed E-state index contributed by atoms with van der Waals surface area (Å²) in [7, 11) is 0. The number of hydrogen-bond donors (Lipinski definition) is 2. The van der Waals surface area contributed by atoms with Crippen LogP contribution in [-0.2, 0) is 14.3 Å². The van der Waals surface area contributed by atoms with Crippen LogP contribution in [0.1, 0.15) is 43.3 Å². The topological polar surface area (TPSA) is 106 Å². The van der Waals surface area contributed by atoms with Crippen LogP contribution in [0.25, 0.3) is 10.6 Å². The SMILES string of the molecule is CCOC(=O)CCC(=O)N[C@@H](C)c1ncc(-c2cccc(Nc3cc(C)ccn3)n2)s1. The number of carbonyl (C=O) groups is 2. The maximum Gasteiger partial charge on any atom is 0.306 e. The predicted octanol–water partition coefficient (Wildman–Crippen LogP) is 4.17. The minimum absolute atomic E-state index is 0.0645. The minimum Gasteiger partial charge on any atom is -0.466 e. The second-order valence-electron chi connectivity index (χ2n) is 6.91. The first-order chi connectivity index (χ1) is 14.9. The molecule has 0 aliphatic rings. The molecule has 0 aliphatic heterocycles. The molecule has 0 saturated heterocycles. The molecule has 3 aromatic rings. The molecule has 0 aliphatic carbocycles. The van der Waals surface area contributed by atoms with E-state index in [0.717, 1.165) is 27.0 Å². The van der Waals surface area contributed by atoms with E-state index in [2.05, 4.69) is 25.6 Å². The molecule has 1 atom stereocenters. The van der Waals surface area contributed by atoms with Crippen molar-refractivity contribution in [1.29, 1.82) is 0 Å². The Hall–Kier alpha value is -3.33. The zero-order chi connectivity index (χ0) is 22.2. The summed E-state index contributed by atoms with van der Waals surface area (Å²) in [6.45, 7) is 5.91. The van der Waals surface area contributed by atoms with Crippen LogP contribution in [-0.4, -0.2) is 33.4 Å². The molecule has 3 rings (SSSR count). The average Bonchev–Trinajstić information content (AvgIpc) is 3.23. The lowest BCUT2D eigenvalue weighted by molar-refractivity contribution is -0.144. The molecule has 0 saturated carbocycles. The van der Waals surface area contributed by atoms with E-state index in [1.54, 1.807) is 19.3 Å². The summed E-state index contributed by atoms with van der Waals surface area (Å²) < 4.78 is 4.84. The highest BCUT2D eigenvalue weighted by Crippen LogP contribution is 2.29. The van der Waals surface area contributed by atoms with E-state index in [9.17, 15) is 9.59 Å². The van der Waals surface area contributed by atoms with Gasteiger partial charge in [-0.15, -0.1) is 11.3 Å². The summed E-state index contributed by atoms with van der Waals surface area (Å²) >= 11 is 1.46. The average molecular weight is 440 g/mol. The highest BCUT2D eigenvalue weighted by Gasteiger charge is 2.16. The van der Waals surface area contributed by atoms with Crippen molar-refractivity contribution in [1.82, 2.24) is 20.3 Å². The fourth-order valence-electron chi connectivity index (χ4n) is 2.81. The van der Waals surface area contributed by atoms with Crippen molar-refractivity contribution in [3.8, 4) is 10.6 Å². The Bertz CT molecular complexity index is 1050. The number of aryl methyl sites for hydroxylation is 1. The van der Waals surface area contributed by atoms with Crippen molar-refractivity contribution >= 4 is 34.8 Å². The summed E-state index contributed by atoms with van der Waals surface area (Å²) in [4.78, 5) is 37.8. The number of thiazole rings is 1. The quantitative estimate of drug-likeness (QED) is 0.482.